The van der Waals surface area contributed by atoms with E-state index in [1.807, 2.05) is 24.3 Å². The predicted molar refractivity (Wildman–Crippen MR) is 81.9 cm³/mol. The first-order valence-corrected chi connectivity index (χ1v) is 7.34. The van der Waals surface area contributed by atoms with Gasteiger partial charge in [-0.2, -0.15) is 0 Å². The Morgan fingerprint density at radius 3 is 2.76 bits per heavy atom. The average Bonchev–Trinajstić information content (AvgIpc) is 2.89. The van der Waals surface area contributed by atoms with E-state index in [4.69, 9.17) is 10.0 Å². The number of H-pyrrole nitrogens is 1. The Morgan fingerprint density at radius 1 is 1.19 bits per heavy atom. The highest BCUT2D eigenvalue weighted by Gasteiger charge is 2.16. The maximum Gasteiger partial charge on any atom is 0.491 e. The van der Waals surface area contributed by atoms with Crippen LogP contribution in [0.4, 0.5) is 4.39 Å². The monoisotopic (exact) mass is 302 g/mol. The number of benzene rings is 2. The van der Waals surface area contributed by atoms with E-state index in [1.165, 1.54) is 23.9 Å². The van der Waals surface area contributed by atoms with Crippen molar-refractivity contribution in [1.82, 2.24) is 9.97 Å². The van der Waals surface area contributed by atoms with E-state index in [-0.39, 0.29) is 5.46 Å². The van der Waals surface area contributed by atoms with Crippen molar-refractivity contribution in [3.8, 4) is 0 Å². The first kappa shape index (κ1) is 14.1. The van der Waals surface area contributed by atoms with Crippen molar-refractivity contribution in [2.45, 2.75) is 10.9 Å². The Balaban J connectivity index is 1.76. The van der Waals surface area contributed by atoms with Crippen molar-refractivity contribution in [1.29, 1.82) is 0 Å². The Morgan fingerprint density at radius 2 is 2.00 bits per heavy atom. The van der Waals surface area contributed by atoms with E-state index < -0.39 is 12.9 Å². The molecule has 3 N–H and O–H groups in total. The molecule has 0 fully saturated rings. The van der Waals surface area contributed by atoms with Crippen molar-refractivity contribution in [2.24, 2.45) is 0 Å². The third kappa shape index (κ3) is 3.10. The third-order valence-electron chi connectivity index (χ3n) is 3.08. The van der Waals surface area contributed by atoms with Gasteiger partial charge in [0.2, 0.25) is 0 Å². The van der Waals surface area contributed by atoms with Gasteiger partial charge < -0.3 is 15.0 Å². The van der Waals surface area contributed by atoms with E-state index in [2.05, 4.69) is 9.97 Å². The Labute approximate surface area is 125 Å². The molecule has 2 aromatic carbocycles. The van der Waals surface area contributed by atoms with Crippen LogP contribution in [-0.4, -0.2) is 27.1 Å². The second kappa shape index (κ2) is 5.89. The van der Waals surface area contributed by atoms with Crippen molar-refractivity contribution >= 4 is 35.4 Å². The molecule has 21 heavy (non-hydrogen) atoms. The number of halogens is 1. The lowest BCUT2D eigenvalue weighted by Gasteiger charge is -2.05. The van der Waals surface area contributed by atoms with Crippen LogP contribution in [-0.2, 0) is 5.75 Å². The molecule has 0 atom stereocenters. The molecule has 0 saturated heterocycles. The number of rotatable bonds is 4. The molecule has 0 saturated carbocycles. The number of para-hydroxylation sites is 2. The van der Waals surface area contributed by atoms with Crippen molar-refractivity contribution in [2.75, 3.05) is 0 Å². The van der Waals surface area contributed by atoms with E-state index in [0.29, 0.717) is 5.75 Å². The fourth-order valence-corrected chi connectivity index (χ4v) is 2.86. The minimum Gasteiger partial charge on any atom is -0.423 e. The molecule has 3 rings (SSSR count). The minimum atomic E-state index is -1.80. The zero-order valence-corrected chi connectivity index (χ0v) is 11.8. The summed E-state index contributed by atoms with van der Waals surface area (Å²) in [7, 11) is -1.80. The summed E-state index contributed by atoms with van der Waals surface area (Å²) < 4.78 is 13.4. The molecule has 7 heteroatoms. The van der Waals surface area contributed by atoms with Crippen molar-refractivity contribution in [3.63, 3.8) is 0 Å². The summed E-state index contributed by atoms with van der Waals surface area (Å²) in [6.07, 6.45) is 0. The van der Waals surface area contributed by atoms with E-state index in [0.717, 1.165) is 21.8 Å². The van der Waals surface area contributed by atoms with Gasteiger partial charge in [-0.05, 0) is 23.8 Å². The molecule has 1 aromatic heterocycles. The second-order valence-corrected chi connectivity index (χ2v) is 5.54. The number of fused-ring (bicyclic) bond motifs is 1. The topological polar surface area (TPSA) is 69.1 Å². The van der Waals surface area contributed by atoms with Gasteiger partial charge in [0.1, 0.15) is 5.82 Å². The van der Waals surface area contributed by atoms with Crippen LogP contribution in [0, 0.1) is 5.82 Å². The van der Waals surface area contributed by atoms with E-state index in [9.17, 15) is 4.39 Å². The van der Waals surface area contributed by atoms with Gasteiger partial charge in [-0.15, -0.1) is 0 Å². The predicted octanol–water partition coefficient (Wildman–Crippen LogP) is 1.67. The summed E-state index contributed by atoms with van der Waals surface area (Å²) in [5, 5.41) is 19.0. The molecule has 0 spiro atoms. The van der Waals surface area contributed by atoms with Gasteiger partial charge in [0.15, 0.2) is 5.16 Å². The lowest BCUT2D eigenvalue weighted by molar-refractivity contribution is 0.423. The molecule has 106 valence electrons. The molecule has 0 aliphatic carbocycles. The summed E-state index contributed by atoms with van der Waals surface area (Å²) in [5.41, 5.74) is 2.54. The molecule has 1 heterocycles. The Hall–Kier alpha value is -1.83. The summed E-state index contributed by atoms with van der Waals surface area (Å²) >= 11 is 1.47. The molecule has 0 amide bonds. The number of thioether (sulfide) groups is 1. The molecule has 0 aliphatic rings. The van der Waals surface area contributed by atoms with Gasteiger partial charge in [0.25, 0.3) is 0 Å². The van der Waals surface area contributed by atoms with Crippen LogP contribution in [0.5, 0.6) is 0 Å². The highest BCUT2D eigenvalue weighted by atomic mass is 32.2. The fraction of sp³-hybridized carbons (Fsp3) is 0.0714. The SMILES string of the molecule is OB(O)c1cc(CSc2nc3ccccc3[nH]2)ccc1F. The van der Waals surface area contributed by atoms with Crippen molar-refractivity contribution in [3.05, 3.63) is 53.8 Å². The first-order valence-electron chi connectivity index (χ1n) is 6.35. The molecule has 3 aromatic rings. The molecular weight excluding hydrogens is 290 g/mol. The summed E-state index contributed by atoms with van der Waals surface area (Å²) in [5.74, 6) is -0.0673. The fourth-order valence-electron chi connectivity index (χ4n) is 2.03. The minimum absolute atomic E-state index is 0.113. The molecule has 0 bridgehead atoms. The summed E-state index contributed by atoms with van der Waals surface area (Å²) in [6.45, 7) is 0. The Bertz CT molecular complexity index is 746. The van der Waals surface area contributed by atoms with Gasteiger partial charge in [-0.3, -0.25) is 0 Å². The number of aromatic nitrogens is 2. The van der Waals surface area contributed by atoms with Crippen LogP contribution in [0.1, 0.15) is 5.56 Å². The number of aromatic amines is 1. The number of hydrogen-bond donors (Lipinski definition) is 3. The number of imidazole rings is 1. The normalized spacial score (nSPS) is 11.0. The lowest BCUT2D eigenvalue weighted by atomic mass is 9.79. The quantitative estimate of drug-likeness (QED) is 0.506. The maximum absolute atomic E-state index is 13.4. The first-order chi connectivity index (χ1) is 10.1. The molecule has 4 nitrogen and oxygen atoms in total. The van der Waals surface area contributed by atoms with Gasteiger partial charge in [0, 0.05) is 11.2 Å². The zero-order valence-electron chi connectivity index (χ0n) is 11.0. The van der Waals surface area contributed by atoms with E-state index in [1.54, 1.807) is 6.07 Å². The van der Waals surface area contributed by atoms with Crippen LogP contribution in [0.2, 0.25) is 0 Å². The van der Waals surface area contributed by atoms with Crippen LogP contribution >= 0.6 is 11.8 Å². The highest BCUT2D eigenvalue weighted by molar-refractivity contribution is 7.98. The largest absolute Gasteiger partial charge is 0.491 e. The molecular formula is C14H12BFN2O2S. The van der Waals surface area contributed by atoms with Gasteiger partial charge in [0.05, 0.1) is 11.0 Å². The molecule has 0 aliphatic heterocycles. The summed E-state index contributed by atoms with van der Waals surface area (Å²) in [4.78, 5) is 7.63. The number of hydrogen-bond acceptors (Lipinski definition) is 4. The van der Waals surface area contributed by atoms with Gasteiger partial charge in [-0.25, -0.2) is 9.37 Å². The standard InChI is InChI=1S/C14H12BFN2O2S/c16-11-6-5-9(7-10(11)15(19)20)8-21-14-17-12-3-1-2-4-13(12)18-14/h1-7,19-20H,8H2,(H,17,18). The lowest BCUT2D eigenvalue weighted by Crippen LogP contribution is -2.33. The average molecular weight is 302 g/mol. The third-order valence-corrected chi connectivity index (χ3v) is 4.03. The van der Waals surface area contributed by atoms with Crippen LogP contribution in [0.25, 0.3) is 11.0 Å². The zero-order chi connectivity index (χ0) is 14.8. The smallest absolute Gasteiger partial charge is 0.423 e. The number of nitrogens with one attached hydrogen (secondary N) is 1. The van der Waals surface area contributed by atoms with Crippen LogP contribution in [0.15, 0.2) is 47.6 Å². The maximum atomic E-state index is 13.4. The van der Waals surface area contributed by atoms with Gasteiger partial charge in [-0.1, -0.05) is 36.0 Å². The Kier molecular flexibility index (Phi) is 3.96. The highest BCUT2D eigenvalue weighted by Crippen LogP contribution is 2.22. The van der Waals surface area contributed by atoms with Crippen LogP contribution in [0.3, 0.4) is 0 Å². The summed E-state index contributed by atoms with van der Waals surface area (Å²) in [6, 6.07) is 12.0. The second-order valence-electron chi connectivity index (χ2n) is 4.58. The number of nitrogens with zero attached hydrogens (tertiary/aromatic N) is 1. The van der Waals surface area contributed by atoms with Crippen molar-refractivity contribution < 1.29 is 14.4 Å². The molecule has 0 unspecified atom stereocenters. The van der Waals surface area contributed by atoms with Crippen LogP contribution < -0.4 is 5.46 Å². The molecule has 0 radical (unpaired) electrons. The van der Waals surface area contributed by atoms with E-state index >= 15 is 0 Å². The van der Waals surface area contributed by atoms with Gasteiger partial charge >= 0.3 is 7.12 Å².